The van der Waals surface area contributed by atoms with Gasteiger partial charge in [-0.25, -0.2) is 8.42 Å². The summed E-state index contributed by atoms with van der Waals surface area (Å²) in [6.07, 6.45) is 0. The molecule has 0 fully saturated rings. The fraction of sp³-hybridized carbons (Fsp3) is 0.455. The van der Waals surface area contributed by atoms with Crippen LogP contribution in [-0.4, -0.2) is 18.0 Å². The summed E-state index contributed by atoms with van der Waals surface area (Å²) >= 11 is 3.42. The molecule has 1 aliphatic heterocycles. The first kappa shape index (κ1) is 12.9. The number of fused-ring (bicyclic) bond motifs is 1. The van der Waals surface area contributed by atoms with Crippen LogP contribution >= 0.6 is 15.9 Å². The SMILES string of the molecule is CC1(C)c2cc(CS(=O)(=O)[O-])ccc2OC1Br. The van der Waals surface area contributed by atoms with E-state index < -0.39 is 15.9 Å². The zero-order chi connectivity index (χ0) is 12.8. The van der Waals surface area contributed by atoms with Gasteiger partial charge in [-0.3, -0.25) is 0 Å². The molecule has 1 atom stereocenters. The molecule has 1 heterocycles. The lowest BCUT2D eigenvalue weighted by molar-refractivity contribution is 0.262. The van der Waals surface area contributed by atoms with Crippen LogP contribution in [0.3, 0.4) is 0 Å². The van der Waals surface area contributed by atoms with Gasteiger partial charge < -0.3 is 9.29 Å². The van der Waals surface area contributed by atoms with Crippen LogP contribution in [-0.2, 0) is 21.3 Å². The molecule has 6 heteroatoms. The lowest BCUT2D eigenvalue weighted by Gasteiger charge is -2.21. The Morgan fingerprint density at radius 1 is 1.47 bits per heavy atom. The van der Waals surface area contributed by atoms with Crippen molar-refractivity contribution in [2.45, 2.75) is 30.0 Å². The Labute approximate surface area is 109 Å². The molecule has 1 unspecified atom stereocenters. The van der Waals surface area contributed by atoms with Gasteiger partial charge in [0.2, 0.25) is 0 Å². The highest BCUT2D eigenvalue weighted by molar-refractivity contribution is 9.09. The van der Waals surface area contributed by atoms with Crippen molar-refractivity contribution in [3.63, 3.8) is 0 Å². The number of rotatable bonds is 2. The van der Waals surface area contributed by atoms with Gasteiger partial charge in [0.25, 0.3) is 0 Å². The molecule has 0 N–H and O–H groups in total. The fourth-order valence-corrected chi connectivity index (χ4v) is 2.89. The molecular weight excluding hydrogens is 308 g/mol. The summed E-state index contributed by atoms with van der Waals surface area (Å²) in [6.45, 7) is 3.99. The molecule has 17 heavy (non-hydrogen) atoms. The third-order valence-electron chi connectivity index (χ3n) is 2.88. The Bertz CT molecular complexity index is 551. The van der Waals surface area contributed by atoms with Crippen LogP contribution in [0.5, 0.6) is 5.75 Å². The average Bonchev–Trinajstić information content (AvgIpc) is 2.37. The Kier molecular flexibility index (Phi) is 3.00. The number of hydrogen-bond donors (Lipinski definition) is 0. The summed E-state index contributed by atoms with van der Waals surface area (Å²) in [4.78, 5) is 0. The van der Waals surface area contributed by atoms with Crippen LogP contribution in [0, 0.1) is 0 Å². The lowest BCUT2D eigenvalue weighted by Crippen LogP contribution is -2.26. The molecule has 0 bridgehead atoms. The van der Waals surface area contributed by atoms with Crippen LogP contribution in [0.25, 0.3) is 0 Å². The molecule has 0 saturated heterocycles. The first-order chi connectivity index (χ1) is 7.70. The van der Waals surface area contributed by atoms with Gasteiger partial charge in [0.1, 0.15) is 5.75 Å². The van der Waals surface area contributed by atoms with Crippen molar-refractivity contribution < 1.29 is 17.7 Å². The van der Waals surface area contributed by atoms with E-state index in [1.165, 1.54) is 0 Å². The largest absolute Gasteiger partial charge is 0.748 e. The maximum atomic E-state index is 10.7. The van der Waals surface area contributed by atoms with Crippen LogP contribution < -0.4 is 4.74 Å². The molecule has 1 aromatic carbocycles. The quantitative estimate of drug-likeness (QED) is 0.618. The van der Waals surface area contributed by atoms with Gasteiger partial charge in [0.15, 0.2) is 5.01 Å². The molecule has 0 aliphatic carbocycles. The second-order valence-electron chi connectivity index (χ2n) is 4.69. The van der Waals surface area contributed by atoms with Crippen molar-refractivity contribution in [3.8, 4) is 5.75 Å². The molecule has 1 aliphatic rings. The zero-order valence-electron chi connectivity index (χ0n) is 9.44. The molecule has 94 valence electrons. The van der Waals surface area contributed by atoms with E-state index in [0.717, 1.165) is 11.3 Å². The minimum atomic E-state index is -4.25. The predicted octanol–water partition coefficient (Wildman–Crippen LogP) is 2.12. The van der Waals surface area contributed by atoms with Crippen molar-refractivity contribution in [1.82, 2.24) is 0 Å². The van der Waals surface area contributed by atoms with Gasteiger partial charge in [-0.2, -0.15) is 0 Å². The van der Waals surface area contributed by atoms with Crippen LogP contribution in [0.2, 0.25) is 0 Å². The molecule has 0 saturated carbocycles. The van der Waals surface area contributed by atoms with E-state index in [-0.39, 0.29) is 10.4 Å². The molecule has 0 aromatic heterocycles. The van der Waals surface area contributed by atoms with Crippen LogP contribution in [0.1, 0.15) is 25.0 Å². The summed E-state index contributed by atoms with van der Waals surface area (Å²) in [7, 11) is -4.25. The van der Waals surface area contributed by atoms with E-state index in [0.29, 0.717) is 5.56 Å². The standard InChI is InChI=1S/C11H13BrO4S/c1-11(2)8-5-7(6-17(13,14)15)3-4-9(8)16-10(11)12/h3-5,10H,6H2,1-2H3,(H,13,14,15)/p-1. The zero-order valence-corrected chi connectivity index (χ0v) is 11.8. The molecule has 0 radical (unpaired) electrons. The molecule has 1 aromatic rings. The summed E-state index contributed by atoms with van der Waals surface area (Å²) < 4.78 is 37.8. The number of halogens is 1. The topological polar surface area (TPSA) is 66.4 Å². The molecule has 4 nitrogen and oxygen atoms in total. The second-order valence-corrected chi connectivity index (χ2v) is 6.92. The Morgan fingerprint density at radius 2 is 2.12 bits per heavy atom. The lowest BCUT2D eigenvalue weighted by atomic mass is 9.86. The third kappa shape index (κ3) is 2.48. The Morgan fingerprint density at radius 3 is 2.71 bits per heavy atom. The Hall–Kier alpha value is -0.590. The van der Waals surface area contributed by atoms with E-state index in [4.69, 9.17) is 4.74 Å². The summed E-state index contributed by atoms with van der Waals surface area (Å²) in [5, 5.41) is -0.149. The van der Waals surface area contributed by atoms with Gasteiger partial charge in [-0.1, -0.05) is 26.0 Å². The predicted molar refractivity (Wildman–Crippen MR) is 66.2 cm³/mol. The average molecular weight is 320 g/mol. The van der Waals surface area contributed by atoms with E-state index >= 15 is 0 Å². The van der Waals surface area contributed by atoms with Crippen molar-refractivity contribution in [2.75, 3.05) is 0 Å². The highest BCUT2D eigenvalue weighted by atomic mass is 79.9. The van der Waals surface area contributed by atoms with Crippen molar-refractivity contribution in [2.24, 2.45) is 0 Å². The van der Waals surface area contributed by atoms with E-state index in [9.17, 15) is 13.0 Å². The van der Waals surface area contributed by atoms with Gasteiger partial charge in [0.05, 0.1) is 15.9 Å². The van der Waals surface area contributed by atoms with E-state index in [2.05, 4.69) is 15.9 Å². The fourth-order valence-electron chi connectivity index (χ4n) is 1.86. The highest BCUT2D eigenvalue weighted by Gasteiger charge is 2.40. The molecule has 0 amide bonds. The van der Waals surface area contributed by atoms with E-state index in [1.807, 2.05) is 13.8 Å². The minimum Gasteiger partial charge on any atom is -0.748 e. The Balaban J connectivity index is 2.42. The highest BCUT2D eigenvalue weighted by Crippen LogP contribution is 2.45. The van der Waals surface area contributed by atoms with Crippen LogP contribution in [0.15, 0.2) is 18.2 Å². The van der Waals surface area contributed by atoms with Gasteiger partial charge in [-0.05, 0) is 27.6 Å². The monoisotopic (exact) mass is 319 g/mol. The van der Waals surface area contributed by atoms with Gasteiger partial charge >= 0.3 is 0 Å². The smallest absolute Gasteiger partial charge is 0.162 e. The first-order valence-electron chi connectivity index (χ1n) is 5.08. The number of alkyl halides is 1. The maximum Gasteiger partial charge on any atom is 0.162 e. The normalized spacial score (nSPS) is 22.0. The van der Waals surface area contributed by atoms with Crippen molar-refractivity contribution in [1.29, 1.82) is 0 Å². The molecular formula is C11H12BrO4S-. The van der Waals surface area contributed by atoms with Gasteiger partial charge in [-0.15, -0.1) is 0 Å². The van der Waals surface area contributed by atoms with Crippen molar-refractivity contribution >= 4 is 26.0 Å². The van der Waals surface area contributed by atoms with Crippen molar-refractivity contribution in [3.05, 3.63) is 29.3 Å². The number of hydrogen-bond acceptors (Lipinski definition) is 4. The van der Waals surface area contributed by atoms with Crippen LogP contribution in [0.4, 0.5) is 0 Å². The second kappa shape index (κ2) is 3.96. The summed E-state index contributed by atoms with van der Waals surface area (Å²) in [5.74, 6) is 0.243. The van der Waals surface area contributed by atoms with E-state index in [1.54, 1.807) is 18.2 Å². The molecule has 2 rings (SSSR count). The first-order valence-corrected chi connectivity index (χ1v) is 7.57. The number of ether oxygens (including phenoxy) is 1. The third-order valence-corrected chi connectivity index (χ3v) is 4.90. The maximum absolute atomic E-state index is 10.7. The summed E-state index contributed by atoms with van der Waals surface area (Å²) in [6, 6.07) is 5.04. The minimum absolute atomic E-state index is 0.149. The molecule has 0 spiro atoms. The summed E-state index contributed by atoms with van der Waals surface area (Å²) in [5.41, 5.74) is 1.16. The number of benzene rings is 1. The van der Waals surface area contributed by atoms with Gasteiger partial charge in [0, 0.05) is 11.0 Å².